The van der Waals surface area contributed by atoms with Gasteiger partial charge < -0.3 is 18.9 Å². The molecule has 1 aliphatic carbocycles. The van der Waals surface area contributed by atoms with E-state index in [0.717, 1.165) is 39.3 Å². The topological polar surface area (TPSA) is 113 Å². The molecule has 0 bridgehead atoms. The lowest BCUT2D eigenvalue weighted by atomic mass is 9.88. The van der Waals surface area contributed by atoms with Crippen LogP contribution in [0.2, 0.25) is 5.02 Å². The lowest BCUT2D eigenvalue weighted by Gasteiger charge is -2.26. The number of benzene rings is 2. The van der Waals surface area contributed by atoms with Crippen LogP contribution in [0.4, 0.5) is 4.39 Å². The van der Waals surface area contributed by atoms with Gasteiger partial charge in [0.05, 0.1) is 32.3 Å². The summed E-state index contributed by atoms with van der Waals surface area (Å²) in [6.45, 7) is 4.77. The first kappa shape index (κ1) is 31.8. The lowest BCUT2D eigenvalue weighted by molar-refractivity contribution is -0.133. The summed E-state index contributed by atoms with van der Waals surface area (Å²) in [5, 5.41) is 0.323. The number of morpholine rings is 1. The predicted octanol–water partition coefficient (Wildman–Crippen LogP) is 5.42. The average Bonchev–Trinajstić information content (AvgIpc) is 3.88. The molecule has 2 aromatic heterocycles. The van der Waals surface area contributed by atoms with Crippen molar-refractivity contribution in [3.05, 3.63) is 76.8 Å². The van der Waals surface area contributed by atoms with Crippen LogP contribution in [0.15, 0.2) is 54.9 Å². The van der Waals surface area contributed by atoms with E-state index in [2.05, 4.69) is 19.9 Å². The number of halogens is 2. The molecule has 1 saturated carbocycles. The highest BCUT2D eigenvalue weighted by atomic mass is 35.5. The summed E-state index contributed by atoms with van der Waals surface area (Å²) in [6.07, 6.45) is 3.32. The second kappa shape index (κ2) is 14.1. The minimum atomic E-state index is -1.01. The highest BCUT2D eigenvalue weighted by Crippen LogP contribution is 2.49. The summed E-state index contributed by atoms with van der Waals surface area (Å²) < 4.78 is 36.2. The van der Waals surface area contributed by atoms with Gasteiger partial charge in [-0.25, -0.2) is 14.4 Å². The molecular formula is C34H34ClFN4O6. The predicted molar refractivity (Wildman–Crippen MR) is 168 cm³/mol. The highest BCUT2D eigenvalue weighted by Gasteiger charge is 2.54. The van der Waals surface area contributed by atoms with Crippen molar-refractivity contribution < 1.29 is 32.9 Å². The Hall–Kier alpha value is -4.19. The highest BCUT2D eigenvalue weighted by molar-refractivity contribution is 6.31. The smallest absolute Gasteiger partial charge is 0.257 e. The molecule has 0 atom stereocenters. The van der Waals surface area contributed by atoms with Crippen LogP contribution in [0.3, 0.4) is 0 Å². The zero-order valence-electron chi connectivity index (χ0n) is 25.5. The second-order valence-corrected chi connectivity index (χ2v) is 11.9. The maximum atomic E-state index is 13.3. The van der Waals surface area contributed by atoms with E-state index in [1.165, 1.54) is 25.6 Å². The van der Waals surface area contributed by atoms with Crippen LogP contribution in [0.5, 0.6) is 23.3 Å². The summed E-state index contributed by atoms with van der Waals surface area (Å²) in [4.78, 5) is 41.8. The SMILES string of the molecule is COc1nc2c(Oc3ccc(CC(=O)C4(C(=O)Cc5ccc(F)cc5)CC4)c(Cl)c3)ncnc2cc1OCCCN1CCOCC1. The largest absolute Gasteiger partial charge is 0.488 e. The first-order chi connectivity index (χ1) is 22.3. The fourth-order valence-electron chi connectivity index (χ4n) is 5.53. The third-order valence-electron chi connectivity index (χ3n) is 8.37. The Balaban J connectivity index is 1.10. The van der Waals surface area contributed by atoms with Crippen LogP contribution in [0.25, 0.3) is 11.0 Å². The molecule has 0 radical (unpaired) electrons. The van der Waals surface area contributed by atoms with Crippen molar-refractivity contribution in [1.29, 1.82) is 0 Å². The van der Waals surface area contributed by atoms with E-state index in [1.807, 2.05) is 0 Å². The van der Waals surface area contributed by atoms with Crippen LogP contribution in [0.1, 0.15) is 30.4 Å². The van der Waals surface area contributed by atoms with Gasteiger partial charge >= 0.3 is 0 Å². The van der Waals surface area contributed by atoms with E-state index >= 15 is 0 Å². The number of fused-ring (bicyclic) bond motifs is 1. The molecule has 0 amide bonds. The first-order valence-electron chi connectivity index (χ1n) is 15.2. The van der Waals surface area contributed by atoms with E-state index in [1.54, 1.807) is 36.4 Å². The van der Waals surface area contributed by atoms with E-state index < -0.39 is 5.41 Å². The maximum Gasteiger partial charge on any atom is 0.257 e. The maximum absolute atomic E-state index is 13.3. The van der Waals surface area contributed by atoms with Crippen molar-refractivity contribution in [1.82, 2.24) is 19.9 Å². The number of ether oxygens (including phenoxy) is 4. The summed E-state index contributed by atoms with van der Waals surface area (Å²) in [7, 11) is 1.51. The molecule has 6 rings (SSSR count). The Morgan fingerprint density at radius 3 is 2.48 bits per heavy atom. The van der Waals surface area contributed by atoms with Crippen LogP contribution in [0, 0.1) is 11.2 Å². The number of hydrogen-bond acceptors (Lipinski definition) is 10. The molecule has 2 aliphatic rings. The zero-order valence-corrected chi connectivity index (χ0v) is 26.2. The molecule has 0 N–H and O–H groups in total. The molecule has 240 valence electrons. The second-order valence-electron chi connectivity index (χ2n) is 11.5. The van der Waals surface area contributed by atoms with Gasteiger partial charge in [0.2, 0.25) is 5.88 Å². The monoisotopic (exact) mass is 648 g/mol. The third-order valence-corrected chi connectivity index (χ3v) is 8.72. The minimum absolute atomic E-state index is 0.0126. The molecule has 1 saturated heterocycles. The van der Waals surface area contributed by atoms with Crippen molar-refractivity contribution in [2.75, 3.05) is 46.6 Å². The van der Waals surface area contributed by atoms with Crippen molar-refractivity contribution in [3.8, 4) is 23.3 Å². The van der Waals surface area contributed by atoms with Gasteiger partial charge in [0, 0.05) is 43.6 Å². The van der Waals surface area contributed by atoms with Crippen LogP contribution in [-0.4, -0.2) is 78.0 Å². The molecule has 10 nitrogen and oxygen atoms in total. The Morgan fingerprint density at radius 2 is 1.76 bits per heavy atom. The average molecular weight is 649 g/mol. The number of pyridine rings is 1. The van der Waals surface area contributed by atoms with Crippen molar-refractivity contribution in [2.45, 2.75) is 32.1 Å². The molecule has 0 unspecified atom stereocenters. The van der Waals surface area contributed by atoms with Gasteiger partial charge in [-0.2, -0.15) is 4.98 Å². The van der Waals surface area contributed by atoms with Crippen molar-refractivity contribution >= 4 is 34.2 Å². The summed E-state index contributed by atoms with van der Waals surface area (Å²) in [5.41, 5.74) is 1.15. The molecular weight excluding hydrogens is 615 g/mol. The van der Waals surface area contributed by atoms with Crippen LogP contribution in [-0.2, 0) is 27.2 Å². The Kier molecular flexibility index (Phi) is 9.72. The van der Waals surface area contributed by atoms with E-state index in [0.29, 0.717) is 58.1 Å². The number of rotatable bonds is 14. The van der Waals surface area contributed by atoms with Gasteiger partial charge in [-0.1, -0.05) is 29.8 Å². The fourth-order valence-corrected chi connectivity index (χ4v) is 5.77. The van der Waals surface area contributed by atoms with Gasteiger partial charge in [-0.05, 0) is 54.7 Å². The van der Waals surface area contributed by atoms with Gasteiger partial charge in [0.15, 0.2) is 22.8 Å². The van der Waals surface area contributed by atoms with Crippen molar-refractivity contribution in [2.24, 2.45) is 5.41 Å². The molecule has 2 aromatic carbocycles. The van der Waals surface area contributed by atoms with E-state index in [4.69, 9.17) is 30.5 Å². The zero-order chi connectivity index (χ0) is 32.1. The summed E-state index contributed by atoms with van der Waals surface area (Å²) in [5.74, 6) is 0.651. The van der Waals surface area contributed by atoms with Crippen molar-refractivity contribution in [3.63, 3.8) is 0 Å². The van der Waals surface area contributed by atoms with Gasteiger partial charge in [0.25, 0.3) is 5.88 Å². The molecule has 12 heteroatoms. The number of carbonyl (C=O) groups excluding carboxylic acids is 2. The number of methoxy groups -OCH3 is 1. The summed E-state index contributed by atoms with van der Waals surface area (Å²) >= 11 is 6.58. The first-order valence-corrected chi connectivity index (χ1v) is 15.6. The quantitative estimate of drug-likeness (QED) is 0.130. The number of carbonyl (C=O) groups is 2. The normalized spacial score (nSPS) is 15.8. The molecule has 2 fully saturated rings. The van der Waals surface area contributed by atoms with Crippen LogP contribution < -0.4 is 14.2 Å². The molecule has 3 heterocycles. The third kappa shape index (κ3) is 7.27. The Morgan fingerprint density at radius 1 is 1.00 bits per heavy atom. The molecule has 46 heavy (non-hydrogen) atoms. The van der Waals surface area contributed by atoms with E-state index in [9.17, 15) is 14.0 Å². The summed E-state index contributed by atoms with van der Waals surface area (Å²) in [6, 6.07) is 12.5. The number of hydrogen-bond donors (Lipinski definition) is 0. The van der Waals surface area contributed by atoms with Gasteiger partial charge in [-0.3, -0.25) is 14.5 Å². The molecule has 4 aromatic rings. The minimum Gasteiger partial charge on any atom is -0.488 e. The van der Waals surface area contributed by atoms with Gasteiger partial charge in [-0.15, -0.1) is 0 Å². The van der Waals surface area contributed by atoms with E-state index in [-0.39, 0.29) is 42.0 Å². The van der Waals surface area contributed by atoms with Gasteiger partial charge in [0.1, 0.15) is 23.4 Å². The number of ketones is 2. The number of aromatic nitrogens is 3. The molecule has 0 spiro atoms. The fraction of sp³-hybridized carbons (Fsp3) is 0.382. The number of nitrogens with zero attached hydrogens (tertiary/aromatic N) is 4. The lowest BCUT2D eigenvalue weighted by Crippen LogP contribution is -2.37. The Labute approximate surface area is 270 Å². The van der Waals surface area contributed by atoms with Crippen LogP contribution >= 0.6 is 11.6 Å². The number of Topliss-reactive ketones (excluding diaryl/α,β-unsaturated/α-hetero) is 2. The standard InChI is InChI=1S/C34H34ClFN4O6/c1-43-32-28(45-14-2-11-40-12-15-44-16-13-40)20-27-31(39-32)33(38-21-37-27)46-25-8-5-23(26(35)19-25)18-30(42)34(9-10-34)29(41)17-22-3-6-24(36)7-4-22/h3-8,19-21H,2,9-18H2,1H3. The molecule has 1 aliphatic heterocycles. The Bertz CT molecular complexity index is 1730.